The summed E-state index contributed by atoms with van der Waals surface area (Å²) in [6.07, 6.45) is -7.53. The monoisotopic (exact) mass is 583 g/mol. The van der Waals surface area contributed by atoms with Gasteiger partial charge in [-0.25, -0.2) is 9.97 Å². The zero-order valence-corrected chi connectivity index (χ0v) is 23.4. The highest BCUT2D eigenvalue weighted by atomic mass is 19.4. The summed E-state index contributed by atoms with van der Waals surface area (Å²) < 4.78 is 86.0. The minimum absolute atomic E-state index is 0.0235. The highest BCUT2D eigenvalue weighted by Crippen LogP contribution is 2.39. The van der Waals surface area contributed by atoms with Gasteiger partial charge in [0.2, 0.25) is 5.91 Å². The van der Waals surface area contributed by atoms with Gasteiger partial charge in [0.25, 0.3) is 0 Å². The van der Waals surface area contributed by atoms with Crippen molar-refractivity contribution < 1.29 is 35.9 Å². The summed E-state index contributed by atoms with van der Waals surface area (Å²) in [6, 6.07) is 6.52. The normalized spacial score (nSPS) is 12.4. The van der Waals surface area contributed by atoms with Gasteiger partial charge < -0.3 is 19.9 Å². The summed E-state index contributed by atoms with van der Waals surface area (Å²) in [7, 11) is 5.26. The van der Waals surface area contributed by atoms with Crippen LogP contribution in [-0.4, -0.2) is 55.0 Å². The van der Waals surface area contributed by atoms with Gasteiger partial charge in [-0.15, -0.1) is 0 Å². The lowest BCUT2D eigenvalue weighted by Crippen LogP contribution is -2.42. The Kier molecular flexibility index (Phi) is 9.21. The molecule has 0 saturated carbocycles. The Bertz CT molecular complexity index is 1340. The molecule has 0 unspecified atom stereocenters. The predicted molar refractivity (Wildman–Crippen MR) is 143 cm³/mol. The van der Waals surface area contributed by atoms with Crippen LogP contribution in [0, 0.1) is 6.92 Å². The molecule has 1 heterocycles. The Morgan fingerprint density at radius 1 is 0.878 bits per heavy atom. The number of aromatic nitrogens is 2. The molecular weight excluding hydrogens is 552 g/mol. The van der Waals surface area contributed by atoms with Crippen LogP contribution in [0.3, 0.4) is 0 Å². The third kappa shape index (κ3) is 7.87. The third-order valence-corrected chi connectivity index (χ3v) is 6.44. The molecule has 222 valence electrons. The van der Waals surface area contributed by atoms with Gasteiger partial charge in [-0.1, -0.05) is 6.07 Å². The second-order valence-electron chi connectivity index (χ2n) is 10.3. The number of carbonyl (C=O) groups excluding carboxylic acids is 1. The maximum atomic E-state index is 13.4. The van der Waals surface area contributed by atoms with E-state index in [0.29, 0.717) is 17.9 Å². The molecule has 3 aromatic rings. The molecule has 1 amide bonds. The average Bonchev–Trinajstić information content (AvgIpc) is 2.88. The van der Waals surface area contributed by atoms with Crippen LogP contribution < -0.4 is 15.0 Å². The predicted octanol–water partition coefficient (Wildman–Crippen LogP) is 6.53. The number of hydrogen-bond acceptors (Lipinski definition) is 6. The van der Waals surface area contributed by atoms with Crippen LogP contribution in [0.5, 0.6) is 11.8 Å². The molecule has 0 aliphatic rings. The first kappa shape index (κ1) is 31.7. The molecule has 2 aromatic carbocycles. The molecule has 41 heavy (non-hydrogen) atoms. The van der Waals surface area contributed by atoms with E-state index in [1.807, 2.05) is 32.0 Å². The average molecular weight is 584 g/mol. The Morgan fingerprint density at radius 2 is 1.41 bits per heavy atom. The number of anilines is 2. The van der Waals surface area contributed by atoms with Crippen molar-refractivity contribution in [3.63, 3.8) is 0 Å². The Morgan fingerprint density at radius 3 is 1.93 bits per heavy atom. The number of nitrogens with one attached hydrogen (secondary N) is 1. The Hall–Kier alpha value is -3.87. The number of hydrogen-bond donors (Lipinski definition) is 1. The summed E-state index contributed by atoms with van der Waals surface area (Å²) in [5, 5.41) is 3.33. The molecule has 1 aromatic heterocycles. The largest absolute Gasteiger partial charge is 0.424 e. The lowest BCUT2D eigenvalue weighted by Gasteiger charge is -2.30. The molecular formula is C28H31F6N5O2. The highest BCUT2D eigenvalue weighted by molar-refractivity contribution is 6.00. The summed E-state index contributed by atoms with van der Waals surface area (Å²) in [5.74, 6) is -0.305. The summed E-state index contributed by atoms with van der Waals surface area (Å²) in [6.45, 7) is 6.00. The van der Waals surface area contributed by atoms with Crippen molar-refractivity contribution >= 4 is 17.3 Å². The molecule has 7 nitrogen and oxygen atoms in total. The number of alkyl halides is 6. The van der Waals surface area contributed by atoms with E-state index >= 15 is 0 Å². The summed E-state index contributed by atoms with van der Waals surface area (Å²) in [4.78, 5) is 24.7. The number of likely N-dealkylation sites (N-methyl/N-ethyl adjacent to an activating group) is 2. The molecule has 13 heteroatoms. The van der Waals surface area contributed by atoms with Crippen LogP contribution in [0.1, 0.15) is 36.1 Å². The van der Waals surface area contributed by atoms with Crippen molar-refractivity contribution in [1.82, 2.24) is 14.9 Å². The maximum Gasteiger partial charge on any atom is 0.416 e. The SMILES string of the molecule is Cc1ccc(Oc2ncc(N(C)C(=O)C(C)(C)c3cc(C(F)(F)F)cc(C(F)(F)F)c3)cn2)cc1NCCN(C)C. The number of carbonyl (C=O) groups is 1. The number of halogens is 6. The smallest absolute Gasteiger partial charge is 0.416 e. The summed E-state index contributed by atoms with van der Waals surface area (Å²) >= 11 is 0. The summed E-state index contributed by atoms with van der Waals surface area (Å²) in [5.41, 5.74) is -3.15. The molecule has 0 bridgehead atoms. The van der Waals surface area contributed by atoms with Crippen molar-refractivity contribution in [2.24, 2.45) is 0 Å². The minimum atomic E-state index is -5.04. The topological polar surface area (TPSA) is 70.6 Å². The number of ether oxygens (including phenoxy) is 1. The fourth-order valence-electron chi connectivity index (χ4n) is 3.89. The van der Waals surface area contributed by atoms with E-state index in [1.165, 1.54) is 33.3 Å². The van der Waals surface area contributed by atoms with Gasteiger partial charge in [-0.3, -0.25) is 4.79 Å². The quantitative estimate of drug-likeness (QED) is 0.289. The van der Waals surface area contributed by atoms with E-state index in [1.54, 1.807) is 12.1 Å². The molecule has 3 rings (SSSR count). The lowest BCUT2D eigenvalue weighted by atomic mass is 9.81. The fourth-order valence-corrected chi connectivity index (χ4v) is 3.89. The first-order valence-electron chi connectivity index (χ1n) is 12.5. The zero-order chi connectivity index (χ0) is 30.8. The van der Waals surface area contributed by atoms with Gasteiger partial charge in [0.1, 0.15) is 5.75 Å². The van der Waals surface area contributed by atoms with Crippen LogP contribution >= 0.6 is 0 Å². The van der Waals surface area contributed by atoms with Gasteiger partial charge in [0.15, 0.2) is 0 Å². The molecule has 0 fully saturated rings. The van der Waals surface area contributed by atoms with Gasteiger partial charge >= 0.3 is 18.4 Å². The molecule has 0 aliphatic heterocycles. The first-order valence-corrected chi connectivity index (χ1v) is 12.5. The number of rotatable bonds is 9. The first-order chi connectivity index (χ1) is 18.9. The highest BCUT2D eigenvalue weighted by Gasteiger charge is 2.41. The van der Waals surface area contributed by atoms with Crippen LogP contribution in [-0.2, 0) is 22.6 Å². The fraction of sp³-hybridized carbons (Fsp3) is 0.393. The van der Waals surface area contributed by atoms with Crippen LogP contribution in [0.4, 0.5) is 37.7 Å². The van der Waals surface area contributed by atoms with Gasteiger partial charge in [0, 0.05) is 31.9 Å². The van der Waals surface area contributed by atoms with E-state index < -0.39 is 40.4 Å². The van der Waals surface area contributed by atoms with E-state index in [-0.39, 0.29) is 17.8 Å². The number of amides is 1. The van der Waals surface area contributed by atoms with E-state index in [4.69, 9.17) is 4.74 Å². The van der Waals surface area contributed by atoms with E-state index in [2.05, 4.69) is 15.3 Å². The van der Waals surface area contributed by atoms with Crippen LogP contribution in [0.15, 0.2) is 48.8 Å². The molecule has 1 N–H and O–H groups in total. The van der Waals surface area contributed by atoms with Gasteiger partial charge in [-0.05, 0) is 70.3 Å². The van der Waals surface area contributed by atoms with Crippen LogP contribution in [0.25, 0.3) is 0 Å². The second-order valence-corrected chi connectivity index (χ2v) is 10.3. The van der Waals surface area contributed by atoms with Crippen molar-refractivity contribution in [2.75, 3.05) is 44.4 Å². The van der Waals surface area contributed by atoms with E-state index in [9.17, 15) is 31.1 Å². The van der Waals surface area contributed by atoms with Crippen molar-refractivity contribution in [2.45, 2.75) is 38.5 Å². The molecule has 0 atom stereocenters. The molecule has 0 aliphatic carbocycles. The zero-order valence-electron chi connectivity index (χ0n) is 23.4. The number of benzene rings is 2. The maximum absolute atomic E-state index is 13.4. The van der Waals surface area contributed by atoms with Crippen LogP contribution in [0.2, 0.25) is 0 Å². The Labute approximate surface area is 234 Å². The second kappa shape index (κ2) is 11.9. The molecule has 0 spiro atoms. The van der Waals surface area contributed by atoms with Crippen molar-refractivity contribution in [3.8, 4) is 11.8 Å². The van der Waals surface area contributed by atoms with Crippen molar-refractivity contribution in [3.05, 3.63) is 71.0 Å². The molecule has 0 radical (unpaired) electrons. The number of aryl methyl sites for hydroxylation is 1. The minimum Gasteiger partial charge on any atom is -0.424 e. The number of nitrogens with zero attached hydrogens (tertiary/aromatic N) is 4. The van der Waals surface area contributed by atoms with Crippen molar-refractivity contribution in [1.29, 1.82) is 0 Å². The molecule has 0 saturated heterocycles. The third-order valence-electron chi connectivity index (χ3n) is 6.44. The lowest BCUT2D eigenvalue weighted by molar-refractivity contribution is -0.143. The Balaban J connectivity index is 1.80. The van der Waals surface area contributed by atoms with Gasteiger partial charge in [0.05, 0.1) is 34.6 Å². The van der Waals surface area contributed by atoms with E-state index in [0.717, 1.165) is 29.2 Å². The van der Waals surface area contributed by atoms with Gasteiger partial charge in [-0.2, -0.15) is 26.3 Å². The standard InChI is InChI=1S/C28H31F6N5O2/c1-17-7-8-22(14-23(17)35-9-10-38(4)5)41-25-36-15-21(16-37-25)39(6)24(40)26(2,3)18-11-19(27(29,30)31)13-20(12-18)28(32,33)34/h7-8,11-16,35H,9-10H2,1-6H3.